The molecular weight excluding hydrogens is 326 g/mol. The summed E-state index contributed by atoms with van der Waals surface area (Å²) in [6.07, 6.45) is 0. The maximum absolute atomic E-state index is 13.5. The zero-order valence-electron chi connectivity index (χ0n) is 12.2. The van der Waals surface area contributed by atoms with E-state index in [1.807, 2.05) is 0 Å². The van der Waals surface area contributed by atoms with E-state index in [0.29, 0.717) is 0 Å². The monoisotopic (exact) mass is 340 g/mol. The zero-order chi connectivity index (χ0) is 17.0. The molecule has 0 aromatic heterocycles. The third-order valence-corrected chi connectivity index (χ3v) is 4.84. The minimum Gasteiger partial charge on any atom is -0.322 e. The number of anilines is 1. The average molecular weight is 340 g/mol. The Labute approximate surface area is 132 Å². The summed E-state index contributed by atoms with van der Waals surface area (Å²) in [6.45, 7) is -0.535. The van der Waals surface area contributed by atoms with Gasteiger partial charge in [-0.05, 0) is 24.3 Å². The highest BCUT2D eigenvalue weighted by Crippen LogP contribution is 2.16. The number of hydrogen-bond acceptors (Lipinski definition) is 3. The van der Waals surface area contributed by atoms with Crippen LogP contribution in [0.5, 0.6) is 0 Å². The van der Waals surface area contributed by atoms with Crippen molar-refractivity contribution >= 4 is 21.6 Å². The van der Waals surface area contributed by atoms with E-state index in [0.717, 1.165) is 22.5 Å². The first kappa shape index (κ1) is 17.0. The molecule has 0 aliphatic heterocycles. The Bertz CT molecular complexity index is 811. The summed E-state index contributed by atoms with van der Waals surface area (Å²) in [5.74, 6) is -2.31. The van der Waals surface area contributed by atoms with Crippen LogP contribution in [0, 0.1) is 11.6 Å². The van der Waals surface area contributed by atoms with Crippen LogP contribution in [0.1, 0.15) is 0 Å². The summed E-state index contributed by atoms with van der Waals surface area (Å²) in [7, 11) is -2.61. The molecule has 0 heterocycles. The number of benzene rings is 2. The molecule has 1 amide bonds. The molecule has 23 heavy (non-hydrogen) atoms. The summed E-state index contributed by atoms with van der Waals surface area (Å²) < 4.78 is 51.8. The number of carbonyl (C=O) groups excluding carboxylic acids is 1. The van der Waals surface area contributed by atoms with Crippen LogP contribution in [0.2, 0.25) is 0 Å². The van der Waals surface area contributed by atoms with Gasteiger partial charge in [0, 0.05) is 13.1 Å². The van der Waals surface area contributed by atoms with Crippen molar-refractivity contribution in [2.24, 2.45) is 0 Å². The molecule has 0 bridgehead atoms. The lowest BCUT2D eigenvalue weighted by Crippen LogP contribution is -2.35. The van der Waals surface area contributed by atoms with E-state index in [-0.39, 0.29) is 10.6 Å². The lowest BCUT2D eigenvalue weighted by Gasteiger charge is -2.17. The average Bonchev–Trinajstić information content (AvgIpc) is 2.51. The van der Waals surface area contributed by atoms with Crippen molar-refractivity contribution in [1.29, 1.82) is 0 Å². The van der Waals surface area contributed by atoms with Crippen LogP contribution in [0.15, 0.2) is 53.4 Å². The first-order chi connectivity index (χ1) is 10.8. The Morgan fingerprint density at radius 1 is 1.13 bits per heavy atom. The zero-order valence-corrected chi connectivity index (χ0v) is 13.0. The number of likely N-dealkylation sites (N-methyl/N-ethyl adjacent to an activating group) is 1. The molecule has 0 aliphatic carbocycles. The van der Waals surface area contributed by atoms with Crippen molar-refractivity contribution in [3.8, 4) is 0 Å². The van der Waals surface area contributed by atoms with Gasteiger partial charge in [0.1, 0.15) is 11.6 Å². The van der Waals surface area contributed by atoms with Crippen molar-refractivity contribution in [2.75, 3.05) is 18.9 Å². The van der Waals surface area contributed by atoms with E-state index in [1.165, 1.54) is 19.2 Å². The lowest BCUT2D eigenvalue weighted by atomic mass is 10.3. The van der Waals surface area contributed by atoms with Gasteiger partial charge in [-0.1, -0.05) is 18.2 Å². The van der Waals surface area contributed by atoms with Crippen LogP contribution in [-0.4, -0.2) is 32.2 Å². The van der Waals surface area contributed by atoms with Crippen molar-refractivity contribution in [3.63, 3.8) is 0 Å². The van der Waals surface area contributed by atoms with Gasteiger partial charge in [-0.2, -0.15) is 4.31 Å². The molecule has 0 fully saturated rings. The van der Waals surface area contributed by atoms with Gasteiger partial charge in [-0.25, -0.2) is 17.2 Å². The quantitative estimate of drug-likeness (QED) is 0.908. The minimum atomic E-state index is -3.84. The Balaban J connectivity index is 2.09. The van der Waals surface area contributed by atoms with Crippen LogP contribution < -0.4 is 5.32 Å². The van der Waals surface area contributed by atoms with Gasteiger partial charge in [-0.3, -0.25) is 4.79 Å². The van der Waals surface area contributed by atoms with Crippen molar-refractivity contribution in [1.82, 2.24) is 4.31 Å². The second-order valence-corrected chi connectivity index (χ2v) is 6.79. The van der Waals surface area contributed by atoms with Gasteiger partial charge in [0.05, 0.1) is 17.1 Å². The van der Waals surface area contributed by atoms with E-state index < -0.39 is 34.1 Å². The molecule has 0 unspecified atom stereocenters. The summed E-state index contributed by atoms with van der Waals surface area (Å²) in [4.78, 5) is 11.9. The molecule has 2 rings (SSSR count). The molecule has 0 radical (unpaired) electrons. The standard InChI is InChI=1S/C15H14F2N2O3S/c1-19(23(21,22)12-5-3-2-4-6-12)10-15(20)18-14-9-11(16)7-8-13(14)17/h2-9H,10H2,1H3,(H,18,20). The smallest absolute Gasteiger partial charge is 0.243 e. The fraction of sp³-hybridized carbons (Fsp3) is 0.133. The number of nitrogens with zero attached hydrogens (tertiary/aromatic N) is 1. The Morgan fingerprint density at radius 2 is 1.78 bits per heavy atom. The first-order valence-electron chi connectivity index (χ1n) is 6.57. The Morgan fingerprint density at radius 3 is 2.43 bits per heavy atom. The molecule has 5 nitrogen and oxygen atoms in total. The maximum atomic E-state index is 13.5. The van der Waals surface area contributed by atoms with Gasteiger partial charge in [0.15, 0.2) is 0 Å². The van der Waals surface area contributed by atoms with Crippen molar-refractivity contribution in [3.05, 3.63) is 60.2 Å². The minimum absolute atomic E-state index is 0.0345. The Hall–Kier alpha value is -2.32. The summed E-state index contributed by atoms with van der Waals surface area (Å²) in [5.41, 5.74) is -0.347. The van der Waals surface area contributed by atoms with Gasteiger partial charge in [-0.15, -0.1) is 0 Å². The molecule has 2 aromatic rings. The highest BCUT2D eigenvalue weighted by molar-refractivity contribution is 7.89. The first-order valence-corrected chi connectivity index (χ1v) is 8.01. The van der Waals surface area contributed by atoms with Crippen LogP contribution in [-0.2, 0) is 14.8 Å². The number of rotatable bonds is 5. The van der Waals surface area contributed by atoms with Crippen LogP contribution in [0.4, 0.5) is 14.5 Å². The number of sulfonamides is 1. The fourth-order valence-corrected chi connectivity index (χ4v) is 2.99. The van der Waals surface area contributed by atoms with Crippen LogP contribution in [0.25, 0.3) is 0 Å². The molecule has 0 aliphatic rings. The SMILES string of the molecule is CN(CC(=O)Nc1cc(F)ccc1F)S(=O)(=O)c1ccccc1. The second-order valence-electron chi connectivity index (χ2n) is 4.75. The molecule has 0 saturated heterocycles. The second kappa shape index (κ2) is 6.84. The molecular formula is C15H14F2N2O3S. The number of hydrogen-bond donors (Lipinski definition) is 1. The van der Waals surface area contributed by atoms with E-state index in [1.54, 1.807) is 18.2 Å². The van der Waals surface area contributed by atoms with E-state index in [4.69, 9.17) is 0 Å². The molecule has 8 heteroatoms. The van der Waals surface area contributed by atoms with Gasteiger partial charge < -0.3 is 5.32 Å². The van der Waals surface area contributed by atoms with Gasteiger partial charge in [0.25, 0.3) is 0 Å². The van der Waals surface area contributed by atoms with E-state index >= 15 is 0 Å². The highest BCUT2D eigenvalue weighted by atomic mass is 32.2. The van der Waals surface area contributed by atoms with Crippen LogP contribution >= 0.6 is 0 Å². The third kappa shape index (κ3) is 4.11. The summed E-state index contributed by atoms with van der Waals surface area (Å²) in [6, 6.07) is 10.2. The topological polar surface area (TPSA) is 66.5 Å². The molecule has 0 saturated carbocycles. The fourth-order valence-electron chi connectivity index (χ4n) is 1.84. The molecule has 0 spiro atoms. The van der Waals surface area contributed by atoms with E-state index in [9.17, 15) is 22.0 Å². The summed E-state index contributed by atoms with van der Waals surface area (Å²) >= 11 is 0. The summed E-state index contributed by atoms with van der Waals surface area (Å²) in [5, 5.41) is 2.15. The van der Waals surface area contributed by atoms with E-state index in [2.05, 4.69) is 5.32 Å². The highest BCUT2D eigenvalue weighted by Gasteiger charge is 2.23. The maximum Gasteiger partial charge on any atom is 0.243 e. The number of amides is 1. The van der Waals surface area contributed by atoms with Crippen LogP contribution in [0.3, 0.4) is 0 Å². The van der Waals surface area contributed by atoms with Gasteiger partial charge >= 0.3 is 0 Å². The number of halogens is 2. The number of carbonyl (C=O) groups is 1. The predicted octanol–water partition coefficient (Wildman–Crippen LogP) is 2.22. The van der Waals surface area contributed by atoms with Crippen molar-refractivity contribution < 1.29 is 22.0 Å². The molecule has 1 N–H and O–H groups in total. The largest absolute Gasteiger partial charge is 0.322 e. The molecule has 0 atom stereocenters. The molecule has 122 valence electrons. The third-order valence-electron chi connectivity index (χ3n) is 3.02. The normalized spacial score (nSPS) is 11.5. The van der Waals surface area contributed by atoms with Crippen molar-refractivity contribution in [2.45, 2.75) is 4.90 Å². The number of nitrogens with one attached hydrogen (secondary N) is 1. The van der Waals surface area contributed by atoms with Gasteiger partial charge in [0.2, 0.25) is 15.9 Å². The predicted molar refractivity (Wildman–Crippen MR) is 81.2 cm³/mol. The lowest BCUT2D eigenvalue weighted by molar-refractivity contribution is -0.116. The molecule has 2 aromatic carbocycles. The Kier molecular flexibility index (Phi) is 5.07.